The predicted molar refractivity (Wildman–Crippen MR) is 141 cm³/mol. The molecule has 0 saturated carbocycles. The lowest BCUT2D eigenvalue weighted by Crippen LogP contribution is -2.45. The summed E-state index contributed by atoms with van der Waals surface area (Å²) in [7, 11) is 2.15. The van der Waals surface area contributed by atoms with Gasteiger partial charge in [-0.05, 0) is 30.2 Å². The van der Waals surface area contributed by atoms with E-state index in [9.17, 15) is 4.79 Å². The maximum absolute atomic E-state index is 13.1. The molecule has 7 heteroatoms. The van der Waals surface area contributed by atoms with Crippen molar-refractivity contribution >= 4 is 24.8 Å². The Morgan fingerprint density at radius 2 is 1.42 bits per heavy atom. The second kappa shape index (κ2) is 12.3. The predicted octanol–water partition coefficient (Wildman–Crippen LogP) is 4.82. The lowest BCUT2D eigenvalue weighted by molar-refractivity contribution is 0.147. The number of nitrogens with zero attached hydrogens (tertiary/aromatic N) is 4. The summed E-state index contributed by atoms with van der Waals surface area (Å²) in [5.41, 5.74) is 5.15. The van der Waals surface area contributed by atoms with Crippen LogP contribution in [0.2, 0.25) is 0 Å². The van der Waals surface area contributed by atoms with Gasteiger partial charge in [0.05, 0.1) is 5.69 Å². The summed E-state index contributed by atoms with van der Waals surface area (Å²) in [6.45, 7) is 9.61. The number of hydrogen-bond donors (Lipinski definition) is 0. The van der Waals surface area contributed by atoms with E-state index in [1.807, 2.05) is 12.1 Å². The Morgan fingerprint density at radius 1 is 0.848 bits per heavy atom. The van der Waals surface area contributed by atoms with Crippen molar-refractivity contribution in [3.63, 3.8) is 0 Å². The highest BCUT2D eigenvalue weighted by atomic mass is 35.5. The van der Waals surface area contributed by atoms with E-state index in [-0.39, 0.29) is 30.4 Å². The molecule has 178 valence electrons. The van der Waals surface area contributed by atoms with Gasteiger partial charge in [0.15, 0.2) is 0 Å². The van der Waals surface area contributed by atoms with E-state index >= 15 is 0 Å². The minimum Gasteiger partial charge on any atom is -0.304 e. The van der Waals surface area contributed by atoms with E-state index in [4.69, 9.17) is 5.10 Å². The number of likely N-dealkylation sites (N-methyl/N-ethyl adjacent to an activating group) is 1. The van der Waals surface area contributed by atoms with Crippen molar-refractivity contribution in [3.8, 4) is 22.4 Å². The highest BCUT2D eigenvalue weighted by molar-refractivity contribution is 5.85. The third kappa shape index (κ3) is 6.90. The molecule has 33 heavy (non-hydrogen) atoms. The average Bonchev–Trinajstić information content (AvgIpc) is 2.78. The number of aromatic nitrogens is 2. The van der Waals surface area contributed by atoms with Crippen molar-refractivity contribution in [1.29, 1.82) is 0 Å². The monoisotopic (exact) mass is 488 g/mol. The first-order valence-electron chi connectivity index (χ1n) is 11.2. The summed E-state index contributed by atoms with van der Waals surface area (Å²) >= 11 is 0. The smallest absolute Gasteiger partial charge is 0.271 e. The van der Waals surface area contributed by atoms with E-state index in [2.05, 4.69) is 79.2 Å². The van der Waals surface area contributed by atoms with Gasteiger partial charge in [-0.25, -0.2) is 4.68 Å². The normalized spacial score (nSPS) is 14.5. The summed E-state index contributed by atoms with van der Waals surface area (Å²) in [6.07, 6.45) is 0. The van der Waals surface area contributed by atoms with E-state index in [0.717, 1.165) is 43.0 Å². The minimum absolute atomic E-state index is 0. The number of benzene rings is 2. The summed E-state index contributed by atoms with van der Waals surface area (Å²) in [6, 6.07) is 20.8. The number of halogens is 2. The van der Waals surface area contributed by atoms with Crippen LogP contribution in [0, 0.1) is 5.92 Å². The molecular weight excluding hydrogens is 455 g/mol. The topological polar surface area (TPSA) is 41.4 Å². The Labute approximate surface area is 209 Å². The van der Waals surface area contributed by atoms with Crippen molar-refractivity contribution in [2.45, 2.75) is 26.9 Å². The molecule has 3 aromatic rings. The van der Waals surface area contributed by atoms with Gasteiger partial charge in [-0.1, -0.05) is 68.4 Å². The van der Waals surface area contributed by atoms with Crippen LogP contribution in [-0.2, 0) is 13.1 Å². The molecule has 2 aromatic carbocycles. The lowest BCUT2D eigenvalue weighted by atomic mass is 10.0. The largest absolute Gasteiger partial charge is 0.304 e. The van der Waals surface area contributed by atoms with E-state index in [0.29, 0.717) is 19.0 Å². The molecule has 4 rings (SSSR count). The van der Waals surface area contributed by atoms with Crippen LogP contribution in [0.4, 0.5) is 0 Å². The van der Waals surface area contributed by atoms with E-state index < -0.39 is 0 Å². The molecule has 0 amide bonds. The molecule has 1 saturated heterocycles. The van der Waals surface area contributed by atoms with Gasteiger partial charge in [-0.3, -0.25) is 9.69 Å². The summed E-state index contributed by atoms with van der Waals surface area (Å²) < 4.78 is 1.66. The van der Waals surface area contributed by atoms with Crippen molar-refractivity contribution in [2.24, 2.45) is 5.92 Å². The molecule has 1 aliphatic heterocycles. The van der Waals surface area contributed by atoms with Crippen LogP contribution in [0.5, 0.6) is 0 Å². The molecule has 0 atom stereocenters. The molecular formula is C26H34Cl2N4O. The highest BCUT2D eigenvalue weighted by Gasteiger charge is 2.18. The van der Waals surface area contributed by atoms with Crippen LogP contribution >= 0.6 is 24.8 Å². The Hall–Kier alpha value is -2.18. The fourth-order valence-electron chi connectivity index (χ4n) is 4.03. The van der Waals surface area contributed by atoms with Gasteiger partial charge in [-0.2, -0.15) is 5.10 Å². The third-order valence-corrected chi connectivity index (χ3v) is 5.86. The first-order chi connectivity index (χ1) is 15.0. The molecule has 0 bridgehead atoms. The van der Waals surface area contributed by atoms with Crippen LogP contribution in [0.15, 0.2) is 65.5 Å². The first kappa shape index (κ1) is 27.1. The van der Waals surface area contributed by atoms with Gasteiger partial charge in [0.2, 0.25) is 0 Å². The van der Waals surface area contributed by atoms with Gasteiger partial charge in [-0.15, -0.1) is 24.8 Å². The Balaban J connectivity index is 0.00000193. The quantitative estimate of drug-likeness (QED) is 0.498. The fourth-order valence-corrected chi connectivity index (χ4v) is 4.03. The standard InChI is InChI=1S/C26H32N4O.2ClH/c1-20(2)18-30-26(31)24(19-29-15-13-28(3)14-16-29)17-25(27-30)23-11-9-22(10-12-23)21-7-5-4-6-8-21;;/h4-12,17,20H,13-16,18-19H2,1-3H3;2*1H. The van der Waals surface area contributed by atoms with Gasteiger partial charge in [0.25, 0.3) is 5.56 Å². The van der Waals surface area contributed by atoms with Crippen LogP contribution < -0.4 is 5.56 Å². The molecule has 1 fully saturated rings. The Kier molecular flexibility index (Phi) is 10.1. The second-order valence-electron chi connectivity index (χ2n) is 8.96. The van der Waals surface area contributed by atoms with Gasteiger partial charge >= 0.3 is 0 Å². The number of hydrogen-bond acceptors (Lipinski definition) is 4. The molecule has 0 aliphatic carbocycles. The molecule has 5 nitrogen and oxygen atoms in total. The van der Waals surface area contributed by atoms with Crippen molar-refractivity contribution in [3.05, 3.63) is 76.6 Å². The third-order valence-electron chi connectivity index (χ3n) is 5.86. The molecule has 1 aliphatic rings. The Morgan fingerprint density at radius 3 is 2.03 bits per heavy atom. The second-order valence-corrected chi connectivity index (χ2v) is 8.96. The van der Waals surface area contributed by atoms with Gasteiger partial charge in [0.1, 0.15) is 0 Å². The molecule has 0 unspecified atom stereocenters. The van der Waals surface area contributed by atoms with Crippen molar-refractivity contribution < 1.29 is 0 Å². The average molecular weight is 489 g/mol. The highest BCUT2D eigenvalue weighted by Crippen LogP contribution is 2.24. The molecule has 0 spiro atoms. The van der Waals surface area contributed by atoms with E-state index in [1.165, 1.54) is 11.1 Å². The van der Waals surface area contributed by atoms with Crippen LogP contribution in [0.1, 0.15) is 19.4 Å². The maximum atomic E-state index is 13.1. The fraction of sp³-hybridized carbons (Fsp3) is 0.385. The summed E-state index contributed by atoms with van der Waals surface area (Å²) in [5, 5.41) is 4.73. The SMILES string of the molecule is CC(C)Cn1nc(-c2ccc(-c3ccccc3)cc2)cc(CN2CCN(C)CC2)c1=O.Cl.Cl. The van der Waals surface area contributed by atoms with Gasteiger partial charge < -0.3 is 4.90 Å². The van der Waals surface area contributed by atoms with Crippen molar-refractivity contribution in [2.75, 3.05) is 33.2 Å². The molecule has 2 heterocycles. The van der Waals surface area contributed by atoms with Crippen molar-refractivity contribution in [1.82, 2.24) is 19.6 Å². The molecule has 1 aromatic heterocycles. The zero-order chi connectivity index (χ0) is 21.8. The molecule has 0 radical (unpaired) electrons. The van der Waals surface area contributed by atoms with E-state index in [1.54, 1.807) is 4.68 Å². The van der Waals surface area contributed by atoms with Crippen LogP contribution in [0.3, 0.4) is 0 Å². The summed E-state index contributed by atoms with van der Waals surface area (Å²) in [4.78, 5) is 17.8. The zero-order valence-electron chi connectivity index (χ0n) is 19.6. The zero-order valence-corrected chi connectivity index (χ0v) is 21.2. The number of rotatable bonds is 6. The number of piperazine rings is 1. The molecule has 0 N–H and O–H groups in total. The lowest BCUT2D eigenvalue weighted by Gasteiger charge is -2.32. The Bertz CT molecular complexity index is 1060. The van der Waals surface area contributed by atoms with Gasteiger partial charge in [0, 0.05) is 50.4 Å². The first-order valence-corrected chi connectivity index (χ1v) is 11.2. The van der Waals surface area contributed by atoms with Crippen LogP contribution in [0.25, 0.3) is 22.4 Å². The minimum atomic E-state index is 0. The van der Waals surface area contributed by atoms with Crippen LogP contribution in [-0.4, -0.2) is 52.8 Å². The maximum Gasteiger partial charge on any atom is 0.271 e. The summed E-state index contributed by atoms with van der Waals surface area (Å²) in [5.74, 6) is 0.359.